The van der Waals surface area contributed by atoms with Gasteiger partial charge >= 0.3 is 0 Å². The second-order valence-electron chi connectivity index (χ2n) is 3.99. The molecule has 2 amide bonds. The SMILES string of the molecule is CCCNC(=O)C(C)NC(=O)C(C#N)CCC. The lowest BCUT2D eigenvalue weighted by atomic mass is 10.0. The number of nitriles is 1. The predicted octanol–water partition coefficient (Wildman–Crippen LogP) is 0.957. The summed E-state index contributed by atoms with van der Waals surface area (Å²) in [6.07, 6.45) is 2.14. The van der Waals surface area contributed by atoms with Gasteiger partial charge in [-0.3, -0.25) is 9.59 Å². The van der Waals surface area contributed by atoms with Crippen molar-refractivity contribution < 1.29 is 9.59 Å². The lowest BCUT2D eigenvalue weighted by Crippen LogP contribution is -2.46. The minimum Gasteiger partial charge on any atom is -0.354 e. The number of carbonyl (C=O) groups is 2. The van der Waals surface area contributed by atoms with Gasteiger partial charge in [0.25, 0.3) is 0 Å². The van der Waals surface area contributed by atoms with Gasteiger partial charge in [0, 0.05) is 6.54 Å². The first kappa shape index (κ1) is 15.4. The Morgan fingerprint density at radius 3 is 2.35 bits per heavy atom. The molecule has 0 rings (SSSR count). The van der Waals surface area contributed by atoms with E-state index in [9.17, 15) is 9.59 Å². The topological polar surface area (TPSA) is 82.0 Å². The van der Waals surface area contributed by atoms with Crippen LogP contribution >= 0.6 is 0 Å². The highest BCUT2D eigenvalue weighted by Gasteiger charge is 2.21. The molecule has 0 aromatic carbocycles. The van der Waals surface area contributed by atoms with Crippen molar-refractivity contribution in [3.63, 3.8) is 0 Å². The molecule has 0 aromatic rings. The van der Waals surface area contributed by atoms with Crippen molar-refractivity contribution in [2.24, 2.45) is 5.92 Å². The maximum atomic E-state index is 11.6. The van der Waals surface area contributed by atoms with Crippen LogP contribution in [0.5, 0.6) is 0 Å². The van der Waals surface area contributed by atoms with Gasteiger partial charge in [-0.2, -0.15) is 5.26 Å². The quantitative estimate of drug-likeness (QED) is 0.694. The molecule has 0 fully saturated rings. The van der Waals surface area contributed by atoms with Gasteiger partial charge in [-0.15, -0.1) is 0 Å². The summed E-state index contributed by atoms with van der Waals surface area (Å²) in [5.74, 6) is -1.25. The fourth-order valence-corrected chi connectivity index (χ4v) is 1.32. The van der Waals surface area contributed by atoms with Gasteiger partial charge in [0.2, 0.25) is 11.8 Å². The molecule has 0 heterocycles. The van der Waals surface area contributed by atoms with E-state index in [1.54, 1.807) is 6.92 Å². The van der Waals surface area contributed by atoms with E-state index in [4.69, 9.17) is 5.26 Å². The maximum Gasteiger partial charge on any atom is 0.242 e. The molecule has 96 valence electrons. The van der Waals surface area contributed by atoms with Gasteiger partial charge in [0.15, 0.2) is 0 Å². The van der Waals surface area contributed by atoms with Crippen LogP contribution in [0.15, 0.2) is 0 Å². The van der Waals surface area contributed by atoms with Crippen molar-refractivity contribution >= 4 is 11.8 Å². The van der Waals surface area contributed by atoms with E-state index in [1.807, 2.05) is 19.9 Å². The van der Waals surface area contributed by atoms with Crippen molar-refractivity contribution in [2.75, 3.05) is 6.54 Å². The Morgan fingerprint density at radius 1 is 1.24 bits per heavy atom. The first-order valence-corrected chi connectivity index (χ1v) is 6.04. The first-order chi connectivity index (χ1) is 8.06. The number of hydrogen-bond donors (Lipinski definition) is 2. The van der Waals surface area contributed by atoms with Crippen LogP contribution in [0.25, 0.3) is 0 Å². The fraction of sp³-hybridized carbons (Fsp3) is 0.750. The highest BCUT2D eigenvalue weighted by Crippen LogP contribution is 2.05. The smallest absolute Gasteiger partial charge is 0.242 e. The van der Waals surface area contributed by atoms with Crippen LogP contribution in [-0.4, -0.2) is 24.4 Å². The summed E-state index contributed by atoms with van der Waals surface area (Å²) < 4.78 is 0. The van der Waals surface area contributed by atoms with E-state index in [2.05, 4.69) is 10.6 Å². The second-order valence-corrected chi connectivity index (χ2v) is 3.99. The van der Waals surface area contributed by atoms with Gasteiger partial charge in [0.1, 0.15) is 12.0 Å². The van der Waals surface area contributed by atoms with Crippen LogP contribution < -0.4 is 10.6 Å². The van der Waals surface area contributed by atoms with E-state index in [1.165, 1.54) is 0 Å². The fourth-order valence-electron chi connectivity index (χ4n) is 1.32. The highest BCUT2D eigenvalue weighted by molar-refractivity contribution is 5.89. The average Bonchev–Trinajstić information content (AvgIpc) is 2.32. The highest BCUT2D eigenvalue weighted by atomic mass is 16.2. The molecule has 17 heavy (non-hydrogen) atoms. The molecule has 0 aliphatic carbocycles. The summed E-state index contributed by atoms with van der Waals surface area (Å²) in [6.45, 7) is 6.07. The molecule has 5 nitrogen and oxygen atoms in total. The summed E-state index contributed by atoms with van der Waals surface area (Å²) in [5, 5.41) is 14.0. The van der Waals surface area contributed by atoms with E-state index < -0.39 is 12.0 Å². The minimum absolute atomic E-state index is 0.214. The van der Waals surface area contributed by atoms with Crippen molar-refractivity contribution in [3.8, 4) is 6.07 Å². The zero-order chi connectivity index (χ0) is 13.3. The molecule has 0 bridgehead atoms. The third-order valence-corrected chi connectivity index (χ3v) is 2.35. The van der Waals surface area contributed by atoms with Gasteiger partial charge in [-0.1, -0.05) is 20.3 Å². The van der Waals surface area contributed by atoms with E-state index in [0.29, 0.717) is 13.0 Å². The molecule has 0 aliphatic rings. The Labute approximate surface area is 103 Å². The van der Waals surface area contributed by atoms with Crippen LogP contribution in [0.3, 0.4) is 0 Å². The minimum atomic E-state index is -0.665. The zero-order valence-electron chi connectivity index (χ0n) is 10.7. The molecule has 0 radical (unpaired) electrons. The Bertz CT molecular complexity index is 297. The molecule has 2 N–H and O–H groups in total. The maximum absolute atomic E-state index is 11.6. The molecule has 0 saturated heterocycles. The van der Waals surface area contributed by atoms with Crippen LogP contribution in [0.2, 0.25) is 0 Å². The van der Waals surface area contributed by atoms with Crippen LogP contribution in [0.4, 0.5) is 0 Å². The first-order valence-electron chi connectivity index (χ1n) is 6.04. The van der Waals surface area contributed by atoms with E-state index in [0.717, 1.165) is 12.8 Å². The molecule has 5 heteroatoms. The lowest BCUT2D eigenvalue weighted by Gasteiger charge is -2.15. The number of carbonyl (C=O) groups excluding carboxylic acids is 2. The van der Waals surface area contributed by atoms with Gasteiger partial charge in [-0.25, -0.2) is 0 Å². The van der Waals surface area contributed by atoms with E-state index in [-0.39, 0.29) is 11.8 Å². The molecular weight excluding hydrogens is 218 g/mol. The van der Waals surface area contributed by atoms with Crippen molar-refractivity contribution in [2.45, 2.75) is 46.1 Å². The Morgan fingerprint density at radius 2 is 1.88 bits per heavy atom. The van der Waals surface area contributed by atoms with Crippen LogP contribution in [-0.2, 0) is 9.59 Å². The van der Waals surface area contributed by atoms with Gasteiger partial charge in [-0.05, 0) is 19.8 Å². The third kappa shape index (κ3) is 5.91. The third-order valence-electron chi connectivity index (χ3n) is 2.35. The summed E-state index contributed by atoms with van der Waals surface area (Å²) in [7, 11) is 0. The zero-order valence-corrected chi connectivity index (χ0v) is 10.7. The number of nitrogens with zero attached hydrogens (tertiary/aromatic N) is 1. The lowest BCUT2D eigenvalue weighted by molar-refractivity contribution is -0.129. The monoisotopic (exact) mass is 239 g/mol. The molecule has 0 aliphatic heterocycles. The standard InChI is InChI=1S/C12H21N3O2/c1-4-6-10(8-13)12(17)15-9(3)11(16)14-7-5-2/h9-10H,4-7H2,1-3H3,(H,14,16)(H,15,17). The van der Waals surface area contributed by atoms with Crippen molar-refractivity contribution in [1.29, 1.82) is 5.26 Å². The Hall–Kier alpha value is -1.57. The van der Waals surface area contributed by atoms with Crippen molar-refractivity contribution in [3.05, 3.63) is 0 Å². The normalized spacial score (nSPS) is 13.3. The summed E-state index contributed by atoms with van der Waals surface area (Å²) >= 11 is 0. The number of nitrogens with one attached hydrogen (secondary N) is 2. The number of amides is 2. The summed E-state index contributed by atoms with van der Waals surface area (Å²) in [6, 6.07) is 1.35. The predicted molar refractivity (Wildman–Crippen MR) is 64.9 cm³/mol. The molecule has 2 atom stereocenters. The largest absolute Gasteiger partial charge is 0.354 e. The van der Waals surface area contributed by atoms with E-state index >= 15 is 0 Å². The molecular formula is C12H21N3O2. The molecule has 0 aromatic heterocycles. The van der Waals surface area contributed by atoms with Gasteiger partial charge < -0.3 is 10.6 Å². The second kappa shape index (κ2) is 8.57. The molecule has 0 saturated carbocycles. The number of rotatable bonds is 7. The number of hydrogen-bond acceptors (Lipinski definition) is 3. The van der Waals surface area contributed by atoms with Crippen LogP contribution in [0.1, 0.15) is 40.0 Å². The Balaban J connectivity index is 4.18. The van der Waals surface area contributed by atoms with Crippen molar-refractivity contribution in [1.82, 2.24) is 10.6 Å². The Kier molecular flexibility index (Phi) is 7.78. The molecule has 0 spiro atoms. The van der Waals surface area contributed by atoms with Gasteiger partial charge in [0.05, 0.1) is 6.07 Å². The molecule has 2 unspecified atom stereocenters. The average molecular weight is 239 g/mol. The summed E-state index contributed by atoms with van der Waals surface area (Å²) in [4.78, 5) is 23.1. The van der Waals surface area contributed by atoms with Crippen LogP contribution in [0, 0.1) is 17.2 Å². The summed E-state index contributed by atoms with van der Waals surface area (Å²) in [5.41, 5.74) is 0.